The summed E-state index contributed by atoms with van der Waals surface area (Å²) in [6.07, 6.45) is 3.92. The van der Waals surface area contributed by atoms with Crippen LogP contribution in [0.25, 0.3) is 0 Å². The van der Waals surface area contributed by atoms with Crippen LogP contribution < -0.4 is 0 Å². The lowest BCUT2D eigenvalue weighted by molar-refractivity contribution is 0.176. The Labute approximate surface area is 107 Å². The zero-order valence-corrected chi connectivity index (χ0v) is 12.0. The molecule has 0 radical (unpaired) electrons. The third kappa shape index (κ3) is 4.64. The maximum Gasteiger partial charge on any atom is 0.0194 e. The van der Waals surface area contributed by atoms with Gasteiger partial charge in [0.15, 0.2) is 0 Å². The van der Waals surface area contributed by atoms with Gasteiger partial charge < -0.3 is 4.90 Å². The normalized spacial score (nSPS) is 26.6. The van der Waals surface area contributed by atoms with Gasteiger partial charge in [0, 0.05) is 19.1 Å². The second-order valence-corrected chi connectivity index (χ2v) is 5.66. The van der Waals surface area contributed by atoms with Gasteiger partial charge in [0.2, 0.25) is 0 Å². The van der Waals surface area contributed by atoms with E-state index in [0.29, 0.717) is 6.04 Å². The van der Waals surface area contributed by atoms with Gasteiger partial charge in [0.1, 0.15) is 0 Å². The summed E-state index contributed by atoms with van der Waals surface area (Å²) in [4.78, 5) is 5.13. The van der Waals surface area contributed by atoms with E-state index < -0.39 is 0 Å². The topological polar surface area (TPSA) is 6.48 Å². The second-order valence-electron chi connectivity index (χ2n) is 5.30. The second kappa shape index (κ2) is 7.57. The molecule has 0 aromatic carbocycles. The zero-order chi connectivity index (χ0) is 12.0. The first-order chi connectivity index (χ1) is 7.67. The summed E-state index contributed by atoms with van der Waals surface area (Å²) in [5.74, 6) is 1.81. The number of rotatable bonds is 5. The summed E-state index contributed by atoms with van der Waals surface area (Å²) in [6.45, 7) is 9.61. The van der Waals surface area contributed by atoms with E-state index in [2.05, 4.69) is 43.3 Å². The molecule has 2 atom stereocenters. The average molecular weight is 244 g/mol. The van der Waals surface area contributed by atoms with Crippen LogP contribution in [0, 0.1) is 5.92 Å². The Morgan fingerprint density at radius 2 is 2.12 bits per heavy atom. The molecular weight excluding hydrogens is 216 g/mol. The van der Waals surface area contributed by atoms with Gasteiger partial charge in [-0.05, 0) is 51.6 Å². The summed E-state index contributed by atoms with van der Waals surface area (Å²) in [5.41, 5.74) is 0. The minimum atomic E-state index is 0.701. The van der Waals surface area contributed by atoms with Crippen molar-refractivity contribution in [3.8, 4) is 0 Å². The summed E-state index contributed by atoms with van der Waals surface area (Å²) in [6, 6.07) is 0.701. The van der Waals surface area contributed by atoms with E-state index in [-0.39, 0.29) is 0 Å². The molecule has 0 aromatic rings. The Balaban J connectivity index is 2.44. The van der Waals surface area contributed by atoms with Crippen LogP contribution in [-0.2, 0) is 0 Å². The highest BCUT2D eigenvalue weighted by Crippen LogP contribution is 2.15. The average Bonchev–Trinajstić information content (AvgIpc) is 2.40. The Morgan fingerprint density at radius 3 is 2.75 bits per heavy atom. The molecule has 1 rings (SSSR count). The van der Waals surface area contributed by atoms with Gasteiger partial charge in [-0.1, -0.05) is 13.3 Å². The van der Waals surface area contributed by atoms with Crippen LogP contribution in [0.1, 0.15) is 33.1 Å². The molecule has 3 heteroatoms. The number of nitrogens with zero attached hydrogens (tertiary/aromatic N) is 2. The van der Waals surface area contributed by atoms with E-state index in [9.17, 15) is 0 Å². The van der Waals surface area contributed by atoms with Gasteiger partial charge in [-0.2, -0.15) is 12.6 Å². The SMILES string of the molecule is CCCC(CS)CN1CCCN(C)CC1C. The van der Waals surface area contributed by atoms with Gasteiger partial charge in [-0.3, -0.25) is 4.90 Å². The highest BCUT2D eigenvalue weighted by Gasteiger charge is 2.21. The molecule has 1 aliphatic rings. The Hall–Kier alpha value is 0.270. The largest absolute Gasteiger partial charge is 0.305 e. The van der Waals surface area contributed by atoms with E-state index in [4.69, 9.17) is 0 Å². The van der Waals surface area contributed by atoms with Crippen molar-refractivity contribution in [1.29, 1.82) is 0 Å². The zero-order valence-electron chi connectivity index (χ0n) is 11.2. The predicted molar refractivity (Wildman–Crippen MR) is 75.4 cm³/mol. The van der Waals surface area contributed by atoms with Crippen LogP contribution in [0.4, 0.5) is 0 Å². The summed E-state index contributed by atoms with van der Waals surface area (Å²) in [7, 11) is 2.24. The number of hydrogen-bond donors (Lipinski definition) is 1. The first-order valence-corrected chi connectivity index (χ1v) is 7.34. The fraction of sp³-hybridized carbons (Fsp3) is 1.00. The maximum atomic E-state index is 4.49. The van der Waals surface area contributed by atoms with Crippen LogP contribution in [0.15, 0.2) is 0 Å². The molecule has 1 fully saturated rings. The lowest BCUT2D eigenvalue weighted by Crippen LogP contribution is -2.41. The van der Waals surface area contributed by atoms with Crippen molar-refractivity contribution in [3.05, 3.63) is 0 Å². The third-order valence-corrected chi connectivity index (χ3v) is 4.15. The van der Waals surface area contributed by atoms with Crippen molar-refractivity contribution < 1.29 is 0 Å². The van der Waals surface area contributed by atoms with Gasteiger partial charge in [-0.15, -0.1) is 0 Å². The molecule has 0 spiro atoms. The predicted octanol–water partition coefficient (Wildman–Crippen LogP) is 2.36. The van der Waals surface area contributed by atoms with Crippen molar-refractivity contribution in [2.24, 2.45) is 5.92 Å². The fourth-order valence-electron chi connectivity index (χ4n) is 2.67. The van der Waals surface area contributed by atoms with Gasteiger partial charge >= 0.3 is 0 Å². The van der Waals surface area contributed by atoms with Gasteiger partial charge in [-0.25, -0.2) is 0 Å². The minimum Gasteiger partial charge on any atom is -0.305 e. The minimum absolute atomic E-state index is 0.701. The van der Waals surface area contributed by atoms with Crippen LogP contribution >= 0.6 is 12.6 Å². The lowest BCUT2D eigenvalue weighted by atomic mass is 10.0. The molecule has 0 bridgehead atoms. The van der Waals surface area contributed by atoms with Crippen LogP contribution in [-0.4, -0.2) is 54.8 Å². The van der Waals surface area contributed by atoms with Crippen LogP contribution in [0.2, 0.25) is 0 Å². The molecular formula is C13H28N2S. The first-order valence-electron chi connectivity index (χ1n) is 6.70. The first kappa shape index (κ1) is 14.3. The molecule has 2 unspecified atom stereocenters. The van der Waals surface area contributed by atoms with E-state index in [1.165, 1.54) is 45.4 Å². The summed E-state index contributed by atoms with van der Waals surface area (Å²) >= 11 is 4.49. The van der Waals surface area contributed by atoms with E-state index in [1.807, 2.05) is 0 Å². The molecule has 96 valence electrons. The molecule has 1 aliphatic heterocycles. The quantitative estimate of drug-likeness (QED) is 0.742. The van der Waals surface area contributed by atoms with E-state index in [1.54, 1.807) is 0 Å². The van der Waals surface area contributed by atoms with Crippen molar-refractivity contribution in [3.63, 3.8) is 0 Å². The molecule has 16 heavy (non-hydrogen) atoms. The van der Waals surface area contributed by atoms with Crippen LogP contribution in [0.3, 0.4) is 0 Å². The summed E-state index contributed by atoms with van der Waals surface area (Å²) < 4.78 is 0. The molecule has 2 nitrogen and oxygen atoms in total. The molecule has 0 aromatic heterocycles. The highest BCUT2D eigenvalue weighted by atomic mass is 32.1. The Kier molecular flexibility index (Phi) is 6.78. The molecule has 1 heterocycles. The fourth-order valence-corrected chi connectivity index (χ4v) is 2.97. The number of thiol groups is 1. The van der Waals surface area contributed by atoms with Crippen molar-refractivity contribution >= 4 is 12.6 Å². The van der Waals surface area contributed by atoms with Gasteiger partial charge in [0.05, 0.1) is 0 Å². The highest BCUT2D eigenvalue weighted by molar-refractivity contribution is 7.80. The Bertz CT molecular complexity index is 187. The maximum absolute atomic E-state index is 4.49. The molecule has 0 saturated carbocycles. The van der Waals surface area contributed by atoms with Crippen molar-refractivity contribution in [2.75, 3.05) is 39.0 Å². The molecule has 0 N–H and O–H groups in total. The van der Waals surface area contributed by atoms with E-state index in [0.717, 1.165) is 11.7 Å². The van der Waals surface area contributed by atoms with Crippen molar-refractivity contribution in [2.45, 2.75) is 39.2 Å². The monoisotopic (exact) mass is 244 g/mol. The smallest absolute Gasteiger partial charge is 0.0194 e. The van der Waals surface area contributed by atoms with Crippen molar-refractivity contribution in [1.82, 2.24) is 9.80 Å². The standard InChI is InChI=1S/C13H28N2S/c1-4-6-13(11-16)10-15-8-5-7-14(3)9-12(15)2/h12-13,16H,4-11H2,1-3H3. The van der Waals surface area contributed by atoms with Crippen LogP contribution in [0.5, 0.6) is 0 Å². The third-order valence-electron chi connectivity index (χ3n) is 3.63. The van der Waals surface area contributed by atoms with E-state index >= 15 is 0 Å². The molecule has 1 saturated heterocycles. The lowest BCUT2D eigenvalue weighted by Gasteiger charge is -2.31. The Morgan fingerprint density at radius 1 is 1.38 bits per heavy atom. The molecule has 0 amide bonds. The molecule has 0 aliphatic carbocycles. The number of hydrogen-bond acceptors (Lipinski definition) is 3. The van der Waals surface area contributed by atoms with Gasteiger partial charge in [0.25, 0.3) is 0 Å². The summed E-state index contributed by atoms with van der Waals surface area (Å²) in [5, 5.41) is 0. The number of likely N-dealkylation sites (N-methyl/N-ethyl adjacent to an activating group) is 1.